The van der Waals surface area contributed by atoms with Gasteiger partial charge in [0, 0.05) is 35.2 Å². The predicted molar refractivity (Wildman–Crippen MR) is 204 cm³/mol. The Kier molecular flexibility index (Phi) is 12.2. The number of methoxy groups -OCH3 is 2. The highest BCUT2D eigenvalue weighted by Gasteiger charge is 2.62. The summed E-state index contributed by atoms with van der Waals surface area (Å²) in [5.74, 6) is -0.700. The lowest BCUT2D eigenvalue weighted by Crippen LogP contribution is -2.56. The summed E-state index contributed by atoms with van der Waals surface area (Å²) < 4.78 is 22.8. The first-order valence-corrected chi connectivity index (χ1v) is 19.6. The lowest BCUT2D eigenvalue weighted by atomic mass is 10.1. The minimum absolute atomic E-state index is 0.0333. The van der Waals surface area contributed by atoms with E-state index in [0.717, 1.165) is 51.4 Å². The number of esters is 1. The Balaban J connectivity index is 1.26. The van der Waals surface area contributed by atoms with Gasteiger partial charge in [0.2, 0.25) is 11.8 Å². The second-order valence-corrected chi connectivity index (χ2v) is 15.2. The lowest BCUT2D eigenvalue weighted by molar-refractivity contribution is -0.148. The Morgan fingerprint density at radius 1 is 1.09 bits per heavy atom. The van der Waals surface area contributed by atoms with E-state index in [1.165, 1.54) is 23.3 Å². The number of amides is 3. The van der Waals surface area contributed by atoms with E-state index in [9.17, 15) is 19.2 Å². The molecule has 3 amide bonds. The minimum Gasteiger partial charge on any atom is -0.497 e. The van der Waals surface area contributed by atoms with Crippen molar-refractivity contribution in [2.24, 2.45) is 5.92 Å². The van der Waals surface area contributed by atoms with E-state index < -0.39 is 47.6 Å². The maximum Gasteiger partial charge on any atom is 0.408 e. The van der Waals surface area contributed by atoms with E-state index in [2.05, 4.69) is 22.5 Å². The molecular formula is C39H50N6O8S. The molecule has 2 aliphatic carbocycles. The van der Waals surface area contributed by atoms with Crippen LogP contribution in [-0.2, 0) is 23.9 Å². The topological polar surface area (TPSA) is 184 Å². The second-order valence-electron chi connectivity index (χ2n) is 14.3. The van der Waals surface area contributed by atoms with Crippen LogP contribution in [0, 0.1) is 5.92 Å². The maximum atomic E-state index is 14.2. The molecule has 6 rings (SSSR count). The van der Waals surface area contributed by atoms with Gasteiger partial charge >= 0.3 is 12.1 Å². The molecular weight excluding hydrogens is 713 g/mol. The highest BCUT2D eigenvalue weighted by Crippen LogP contribution is 2.46. The number of pyridine rings is 1. The highest BCUT2D eigenvalue weighted by atomic mass is 32.1. The number of nitrogens with zero attached hydrogens (tertiary/aromatic N) is 3. The van der Waals surface area contributed by atoms with Crippen molar-refractivity contribution in [2.75, 3.05) is 26.5 Å². The largest absolute Gasteiger partial charge is 0.497 e. The van der Waals surface area contributed by atoms with Crippen molar-refractivity contribution in [3.8, 4) is 22.9 Å². The summed E-state index contributed by atoms with van der Waals surface area (Å²) in [4.78, 5) is 64.8. The molecule has 1 aliphatic heterocycles. The molecule has 0 spiro atoms. The summed E-state index contributed by atoms with van der Waals surface area (Å²) in [6.07, 6.45) is 10.7. The monoisotopic (exact) mass is 762 g/mol. The first kappa shape index (κ1) is 38.8. The minimum atomic E-state index is -1.24. The third kappa shape index (κ3) is 8.72. The number of thiazole rings is 1. The number of aromatic nitrogens is 2. The number of unbranched alkanes of at least 4 members (excludes halogenated alkanes) is 3. The van der Waals surface area contributed by atoms with Gasteiger partial charge < -0.3 is 40.2 Å². The maximum absolute atomic E-state index is 14.2. The van der Waals surface area contributed by atoms with E-state index in [-0.39, 0.29) is 25.0 Å². The standard InChI is InChI=1S/C39H50N6O8S/c1-5-6-7-8-9-12-24-20-39(24,36(48)51-4)44-34(46)32-18-27(21-45(32)35(47)23(2)41-38(49)53-25-13-10-11-14-25)52-33-19-30(31-22-54-37(40)43-31)42-29-17-26(50-3)15-16-28(29)33/h9,12,15-17,19,22-25,27,32H,5-8,10-11,13-14,18,20-21H2,1-4H3,(H2,40,43)(H,41,49)(H,44,46)/b12-9-/t23-,24?,27+,32-,39+/m0/s1. The van der Waals surface area contributed by atoms with Crippen LogP contribution in [0.25, 0.3) is 22.3 Å². The number of anilines is 1. The molecule has 15 heteroatoms. The fourth-order valence-corrected chi connectivity index (χ4v) is 7.94. The zero-order chi connectivity index (χ0) is 38.4. The molecule has 3 aromatic rings. The van der Waals surface area contributed by atoms with Crippen LogP contribution in [0.15, 0.2) is 41.8 Å². The number of rotatable bonds is 15. The van der Waals surface area contributed by atoms with Crippen molar-refractivity contribution >= 4 is 51.2 Å². The van der Waals surface area contributed by atoms with Crippen LogP contribution in [0.1, 0.15) is 78.1 Å². The van der Waals surface area contributed by atoms with Crippen LogP contribution >= 0.6 is 11.3 Å². The number of carbonyl (C=O) groups excluding carboxylic acids is 4. The average Bonchev–Trinajstić information content (AvgIpc) is 3.58. The van der Waals surface area contributed by atoms with Gasteiger partial charge in [0.25, 0.3) is 0 Å². The summed E-state index contributed by atoms with van der Waals surface area (Å²) in [5.41, 5.74) is 6.40. The number of hydrogen-bond acceptors (Lipinski definition) is 12. The van der Waals surface area contributed by atoms with Crippen LogP contribution in [0.3, 0.4) is 0 Å². The Hall–Kier alpha value is -4.92. The van der Waals surface area contributed by atoms with Gasteiger partial charge in [-0.1, -0.05) is 31.9 Å². The molecule has 1 unspecified atom stereocenters. The van der Waals surface area contributed by atoms with Crippen LogP contribution in [-0.4, -0.2) is 89.3 Å². The fraction of sp³-hybridized carbons (Fsp3) is 0.538. The number of hydrogen-bond donors (Lipinski definition) is 3. The molecule has 290 valence electrons. The zero-order valence-electron chi connectivity index (χ0n) is 31.3. The molecule has 14 nitrogen and oxygen atoms in total. The van der Waals surface area contributed by atoms with Crippen LogP contribution < -0.4 is 25.8 Å². The summed E-state index contributed by atoms with van der Waals surface area (Å²) in [7, 11) is 2.87. The number of likely N-dealkylation sites (tertiary alicyclic amines) is 1. The fourth-order valence-electron chi connectivity index (χ4n) is 7.38. The highest BCUT2D eigenvalue weighted by molar-refractivity contribution is 7.13. The van der Waals surface area contributed by atoms with E-state index in [1.807, 2.05) is 18.2 Å². The summed E-state index contributed by atoms with van der Waals surface area (Å²) in [6, 6.07) is 5.17. The summed E-state index contributed by atoms with van der Waals surface area (Å²) in [5, 5.41) is 8.51. The zero-order valence-corrected chi connectivity index (χ0v) is 32.1. The Morgan fingerprint density at radius 3 is 2.59 bits per heavy atom. The van der Waals surface area contributed by atoms with Crippen molar-refractivity contribution in [1.29, 1.82) is 0 Å². The van der Waals surface area contributed by atoms with Crippen molar-refractivity contribution in [3.63, 3.8) is 0 Å². The SMILES string of the molecule is CCCCC/C=C\C1C[C@]1(NC(=O)[C@@H]1C[C@@H](Oc2cc(-c3csc(N)n3)nc3cc(OC)ccc23)CN1C(=O)[C@H](C)NC(=O)OC1CCCC1)C(=O)OC. The molecule has 0 bridgehead atoms. The van der Waals surface area contributed by atoms with Crippen LogP contribution in [0.2, 0.25) is 0 Å². The summed E-state index contributed by atoms with van der Waals surface area (Å²) in [6.45, 7) is 3.74. The predicted octanol–water partition coefficient (Wildman–Crippen LogP) is 5.54. The van der Waals surface area contributed by atoms with E-state index >= 15 is 0 Å². The number of fused-ring (bicyclic) bond motifs is 1. The Bertz CT molecular complexity index is 1880. The number of carbonyl (C=O) groups is 4. The molecule has 2 saturated carbocycles. The van der Waals surface area contributed by atoms with Gasteiger partial charge in [0.05, 0.1) is 32.0 Å². The number of allylic oxidation sites excluding steroid dienone is 1. The molecule has 3 fully saturated rings. The van der Waals surface area contributed by atoms with Crippen LogP contribution in [0.5, 0.6) is 11.5 Å². The van der Waals surface area contributed by atoms with Crippen molar-refractivity contribution in [3.05, 3.63) is 41.8 Å². The summed E-state index contributed by atoms with van der Waals surface area (Å²) >= 11 is 1.29. The molecule has 2 aromatic heterocycles. The van der Waals surface area contributed by atoms with Crippen LogP contribution in [0.4, 0.5) is 9.93 Å². The van der Waals surface area contributed by atoms with Gasteiger partial charge in [0.1, 0.15) is 47.0 Å². The molecule has 3 aliphatic rings. The van der Waals surface area contributed by atoms with Gasteiger partial charge in [-0.15, -0.1) is 11.3 Å². The average molecular weight is 763 g/mol. The second kappa shape index (κ2) is 17.0. The smallest absolute Gasteiger partial charge is 0.408 e. The first-order valence-electron chi connectivity index (χ1n) is 18.8. The van der Waals surface area contributed by atoms with E-state index in [0.29, 0.717) is 45.3 Å². The van der Waals surface area contributed by atoms with Gasteiger partial charge in [-0.3, -0.25) is 9.59 Å². The molecule has 0 radical (unpaired) electrons. The van der Waals surface area contributed by atoms with Crippen molar-refractivity contribution in [1.82, 2.24) is 25.5 Å². The van der Waals surface area contributed by atoms with Gasteiger partial charge in [0.15, 0.2) is 5.13 Å². The van der Waals surface area contributed by atoms with Crippen molar-refractivity contribution < 1.29 is 38.1 Å². The Labute approximate surface area is 319 Å². The number of nitrogens with one attached hydrogen (secondary N) is 2. The molecule has 3 heterocycles. The normalized spacial score (nSPS) is 23.0. The number of alkyl carbamates (subject to hydrolysis) is 1. The number of nitrogen functional groups attached to an aromatic ring is 1. The van der Waals surface area contributed by atoms with Crippen molar-refractivity contribution in [2.45, 2.75) is 108 Å². The van der Waals surface area contributed by atoms with Gasteiger partial charge in [-0.2, -0.15) is 0 Å². The third-order valence-corrected chi connectivity index (χ3v) is 11.1. The third-order valence-electron chi connectivity index (χ3n) is 10.4. The molecule has 1 saturated heterocycles. The molecule has 54 heavy (non-hydrogen) atoms. The molecule has 5 atom stereocenters. The molecule has 4 N–H and O–H groups in total. The molecule has 1 aromatic carbocycles. The van der Waals surface area contributed by atoms with E-state index in [4.69, 9.17) is 29.7 Å². The van der Waals surface area contributed by atoms with E-state index in [1.54, 1.807) is 37.6 Å². The van der Waals surface area contributed by atoms with Gasteiger partial charge in [-0.25, -0.2) is 19.6 Å². The quantitative estimate of drug-likeness (QED) is 0.100. The lowest BCUT2D eigenvalue weighted by Gasteiger charge is -2.28. The number of nitrogens with two attached hydrogens (primary N) is 1. The number of benzene rings is 1. The Morgan fingerprint density at radius 2 is 1.89 bits per heavy atom. The first-order chi connectivity index (χ1) is 26.0. The number of ether oxygens (including phenoxy) is 4. The van der Waals surface area contributed by atoms with Gasteiger partial charge in [-0.05, 0) is 64.0 Å².